The fourth-order valence-corrected chi connectivity index (χ4v) is 1.81. The lowest BCUT2D eigenvalue weighted by atomic mass is 10.2. The maximum Gasteiger partial charge on any atom is 0.227 e. The molecule has 0 radical (unpaired) electrons. The van der Waals surface area contributed by atoms with Crippen LogP contribution in [0.15, 0.2) is 47.1 Å². The van der Waals surface area contributed by atoms with E-state index < -0.39 is 0 Å². The van der Waals surface area contributed by atoms with Crippen molar-refractivity contribution in [2.75, 3.05) is 19.0 Å². The highest BCUT2D eigenvalue weighted by Crippen LogP contribution is 2.25. The maximum absolute atomic E-state index is 5.69. The van der Waals surface area contributed by atoms with Crippen LogP contribution in [-0.2, 0) is 0 Å². The maximum atomic E-state index is 5.69. The molecule has 3 aromatic rings. The second-order valence-corrected chi connectivity index (χ2v) is 4.30. The van der Waals surface area contributed by atoms with Crippen LogP contribution in [0.4, 0.5) is 5.69 Å². The smallest absolute Gasteiger partial charge is 0.227 e. The van der Waals surface area contributed by atoms with Crippen molar-refractivity contribution in [3.05, 3.63) is 42.7 Å². The van der Waals surface area contributed by atoms with Gasteiger partial charge in [-0.05, 0) is 24.3 Å². The third kappa shape index (κ3) is 1.82. The Balaban J connectivity index is 2.03. The molecule has 3 rings (SSSR count). The number of oxazole rings is 1. The van der Waals surface area contributed by atoms with Crippen LogP contribution in [0.2, 0.25) is 0 Å². The minimum atomic E-state index is 0.628. The van der Waals surface area contributed by atoms with Crippen LogP contribution in [-0.4, -0.2) is 24.1 Å². The van der Waals surface area contributed by atoms with E-state index in [1.165, 1.54) is 0 Å². The van der Waals surface area contributed by atoms with Gasteiger partial charge in [0.25, 0.3) is 0 Å². The van der Waals surface area contributed by atoms with Gasteiger partial charge in [0, 0.05) is 37.6 Å². The molecule has 0 aliphatic heterocycles. The first-order valence-electron chi connectivity index (χ1n) is 5.72. The molecule has 90 valence electrons. The van der Waals surface area contributed by atoms with Gasteiger partial charge in [0.2, 0.25) is 5.89 Å². The first-order chi connectivity index (χ1) is 8.74. The predicted octanol–water partition coefficient (Wildman–Crippen LogP) is 2.96. The normalized spacial score (nSPS) is 10.8. The summed E-state index contributed by atoms with van der Waals surface area (Å²) in [7, 11) is 4.03. The van der Waals surface area contributed by atoms with Gasteiger partial charge >= 0.3 is 0 Å². The molecule has 0 N–H and O–H groups in total. The Morgan fingerprint density at radius 3 is 2.50 bits per heavy atom. The number of rotatable bonds is 2. The lowest BCUT2D eigenvalue weighted by molar-refractivity contribution is 0.619. The second-order valence-electron chi connectivity index (χ2n) is 4.30. The molecule has 0 aliphatic rings. The van der Waals surface area contributed by atoms with Crippen LogP contribution in [0.1, 0.15) is 0 Å². The van der Waals surface area contributed by atoms with E-state index in [1.54, 1.807) is 12.4 Å². The van der Waals surface area contributed by atoms with Gasteiger partial charge in [-0.2, -0.15) is 0 Å². The molecular formula is C14H13N3O. The van der Waals surface area contributed by atoms with Crippen molar-refractivity contribution >= 4 is 16.8 Å². The highest BCUT2D eigenvalue weighted by atomic mass is 16.3. The number of aromatic nitrogens is 2. The van der Waals surface area contributed by atoms with Crippen molar-refractivity contribution in [1.82, 2.24) is 9.97 Å². The summed E-state index contributed by atoms with van der Waals surface area (Å²) in [6.07, 6.45) is 3.41. The topological polar surface area (TPSA) is 42.2 Å². The lowest BCUT2D eigenvalue weighted by Crippen LogP contribution is -2.07. The highest BCUT2D eigenvalue weighted by molar-refractivity contribution is 5.75. The molecule has 0 atom stereocenters. The molecule has 4 heteroatoms. The van der Waals surface area contributed by atoms with Gasteiger partial charge in [-0.25, -0.2) is 4.98 Å². The molecule has 0 amide bonds. The van der Waals surface area contributed by atoms with E-state index in [1.807, 2.05) is 44.4 Å². The number of pyridine rings is 1. The fourth-order valence-electron chi connectivity index (χ4n) is 1.81. The zero-order valence-electron chi connectivity index (χ0n) is 10.3. The lowest BCUT2D eigenvalue weighted by Gasteiger charge is -2.11. The zero-order chi connectivity index (χ0) is 12.5. The highest BCUT2D eigenvalue weighted by Gasteiger charge is 2.07. The Labute approximate surface area is 105 Å². The van der Waals surface area contributed by atoms with Crippen LogP contribution in [0.5, 0.6) is 0 Å². The molecule has 2 heterocycles. The number of benzene rings is 1. The van der Waals surface area contributed by atoms with Crippen molar-refractivity contribution in [3.63, 3.8) is 0 Å². The average molecular weight is 239 g/mol. The van der Waals surface area contributed by atoms with Crippen LogP contribution in [0, 0.1) is 0 Å². The van der Waals surface area contributed by atoms with E-state index in [0.717, 1.165) is 22.4 Å². The van der Waals surface area contributed by atoms with Crippen LogP contribution in [0.25, 0.3) is 22.6 Å². The molecule has 0 fully saturated rings. The van der Waals surface area contributed by atoms with Gasteiger partial charge in [0.15, 0.2) is 5.58 Å². The first kappa shape index (κ1) is 10.8. The minimum Gasteiger partial charge on any atom is -0.436 e. The molecule has 0 saturated carbocycles. The summed E-state index contributed by atoms with van der Waals surface area (Å²) in [6, 6.07) is 9.92. The summed E-state index contributed by atoms with van der Waals surface area (Å²) in [5, 5.41) is 0. The third-order valence-corrected chi connectivity index (χ3v) is 2.82. The molecule has 0 unspecified atom stereocenters. The average Bonchev–Trinajstić information content (AvgIpc) is 2.82. The molecular weight excluding hydrogens is 226 g/mol. The quantitative estimate of drug-likeness (QED) is 0.689. The number of hydrogen-bond donors (Lipinski definition) is 0. The van der Waals surface area contributed by atoms with Crippen LogP contribution >= 0.6 is 0 Å². The summed E-state index contributed by atoms with van der Waals surface area (Å²) in [4.78, 5) is 10.5. The molecule has 0 saturated heterocycles. The number of anilines is 1. The minimum absolute atomic E-state index is 0.628. The van der Waals surface area contributed by atoms with Gasteiger partial charge in [-0.1, -0.05) is 0 Å². The summed E-state index contributed by atoms with van der Waals surface area (Å²) < 4.78 is 5.69. The van der Waals surface area contributed by atoms with Crippen molar-refractivity contribution in [2.24, 2.45) is 0 Å². The molecule has 0 spiro atoms. The third-order valence-electron chi connectivity index (χ3n) is 2.82. The van der Waals surface area contributed by atoms with E-state index in [9.17, 15) is 0 Å². The van der Waals surface area contributed by atoms with E-state index in [2.05, 4.69) is 14.9 Å². The first-order valence-corrected chi connectivity index (χ1v) is 5.72. The summed E-state index contributed by atoms with van der Waals surface area (Å²) in [5.41, 5.74) is 3.66. The Morgan fingerprint density at radius 2 is 1.83 bits per heavy atom. The fraction of sp³-hybridized carbons (Fsp3) is 0.143. The SMILES string of the molecule is CN(C)c1ccc(-c2nc3cnccc3o2)cc1. The molecule has 0 bridgehead atoms. The van der Waals surface area contributed by atoms with Crippen molar-refractivity contribution in [1.29, 1.82) is 0 Å². The second kappa shape index (κ2) is 4.14. The molecule has 1 aromatic carbocycles. The largest absolute Gasteiger partial charge is 0.436 e. The molecule has 18 heavy (non-hydrogen) atoms. The van der Waals surface area contributed by atoms with Crippen molar-refractivity contribution in [3.8, 4) is 11.5 Å². The van der Waals surface area contributed by atoms with Crippen LogP contribution < -0.4 is 4.90 Å². The van der Waals surface area contributed by atoms with E-state index in [-0.39, 0.29) is 0 Å². The van der Waals surface area contributed by atoms with Gasteiger partial charge in [-0.15, -0.1) is 0 Å². The summed E-state index contributed by atoms with van der Waals surface area (Å²) in [5.74, 6) is 0.628. The van der Waals surface area contributed by atoms with Gasteiger partial charge in [-0.3, -0.25) is 4.98 Å². The molecule has 2 aromatic heterocycles. The standard InChI is InChI=1S/C14H13N3O/c1-17(2)11-5-3-10(4-6-11)14-16-12-9-15-8-7-13(12)18-14/h3-9H,1-2H3. The van der Waals surface area contributed by atoms with E-state index in [4.69, 9.17) is 4.42 Å². The van der Waals surface area contributed by atoms with Gasteiger partial charge in [0.05, 0.1) is 6.20 Å². The summed E-state index contributed by atoms with van der Waals surface area (Å²) in [6.45, 7) is 0. The van der Waals surface area contributed by atoms with Crippen molar-refractivity contribution < 1.29 is 4.42 Å². The monoisotopic (exact) mass is 239 g/mol. The number of hydrogen-bond acceptors (Lipinski definition) is 4. The molecule has 4 nitrogen and oxygen atoms in total. The Kier molecular flexibility index (Phi) is 2.48. The van der Waals surface area contributed by atoms with Crippen molar-refractivity contribution in [2.45, 2.75) is 0 Å². The van der Waals surface area contributed by atoms with Crippen LogP contribution in [0.3, 0.4) is 0 Å². The van der Waals surface area contributed by atoms with E-state index in [0.29, 0.717) is 5.89 Å². The number of fused-ring (bicyclic) bond motifs is 1. The number of nitrogens with zero attached hydrogens (tertiary/aromatic N) is 3. The van der Waals surface area contributed by atoms with Gasteiger partial charge in [0.1, 0.15) is 5.52 Å². The van der Waals surface area contributed by atoms with Gasteiger partial charge < -0.3 is 9.32 Å². The Morgan fingerprint density at radius 1 is 1.06 bits per heavy atom. The Hall–Kier alpha value is -2.36. The zero-order valence-corrected chi connectivity index (χ0v) is 10.3. The Bertz CT molecular complexity index is 638. The predicted molar refractivity (Wildman–Crippen MR) is 71.6 cm³/mol. The molecule has 0 aliphatic carbocycles. The van der Waals surface area contributed by atoms with E-state index >= 15 is 0 Å². The summed E-state index contributed by atoms with van der Waals surface area (Å²) >= 11 is 0.